The van der Waals surface area contributed by atoms with Gasteiger partial charge in [0.25, 0.3) is 0 Å². The zero-order valence-electron chi connectivity index (χ0n) is 19.8. The first-order chi connectivity index (χ1) is 16.2. The molecule has 0 bridgehead atoms. The number of ether oxygens (including phenoxy) is 4. The summed E-state index contributed by atoms with van der Waals surface area (Å²) in [6, 6.07) is 12.3. The number of methoxy groups -OCH3 is 3. The molecule has 0 aliphatic carbocycles. The third kappa shape index (κ3) is 5.76. The van der Waals surface area contributed by atoms with Gasteiger partial charge in [0.1, 0.15) is 0 Å². The van der Waals surface area contributed by atoms with Crippen molar-refractivity contribution in [3.05, 3.63) is 48.3 Å². The van der Waals surface area contributed by atoms with Crippen molar-refractivity contribution >= 4 is 11.0 Å². The molecule has 1 aliphatic heterocycles. The highest BCUT2D eigenvalue weighted by Gasteiger charge is 2.19. The minimum absolute atomic E-state index is 0.634. The van der Waals surface area contributed by atoms with Crippen LogP contribution in [0.2, 0.25) is 0 Å². The summed E-state index contributed by atoms with van der Waals surface area (Å²) in [5.74, 6) is 2.03. The number of fused-ring (bicyclic) bond motifs is 1. The van der Waals surface area contributed by atoms with Gasteiger partial charge in [-0.1, -0.05) is 12.1 Å². The fourth-order valence-electron chi connectivity index (χ4n) is 4.30. The maximum atomic E-state index is 5.91. The molecule has 1 saturated heterocycles. The average Bonchev–Trinajstić information content (AvgIpc) is 3.27. The topological polar surface area (TPSA) is 61.2 Å². The number of hydrogen-bond acceptors (Lipinski definition) is 7. The summed E-state index contributed by atoms with van der Waals surface area (Å²) in [5, 5.41) is 0. The molecule has 2 aromatic carbocycles. The number of nitrogens with zero attached hydrogens (tertiary/aromatic N) is 4. The number of aromatic nitrogens is 2. The predicted molar refractivity (Wildman–Crippen MR) is 128 cm³/mol. The lowest BCUT2D eigenvalue weighted by Gasteiger charge is -2.34. The van der Waals surface area contributed by atoms with Crippen molar-refractivity contribution in [2.24, 2.45) is 0 Å². The average molecular weight is 455 g/mol. The van der Waals surface area contributed by atoms with E-state index in [0.29, 0.717) is 23.9 Å². The zero-order chi connectivity index (χ0) is 23.0. The van der Waals surface area contributed by atoms with E-state index in [1.54, 1.807) is 21.3 Å². The molecule has 8 heteroatoms. The van der Waals surface area contributed by atoms with E-state index in [1.165, 1.54) is 0 Å². The fourth-order valence-corrected chi connectivity index (χ4v) is 4.30. The van der Waals surface area contributed by atoms with Crippen molar-refractivity contribution in [3.63, 3.8) is 0 Å². The zero-order valence-corrected chi connectivity index (χ0v) is 19.8. The Hall–Kier alpha value is -2.81. The Labute approximate surface area is 195 Å². The monoisotopic (exact) mass is 454 g/mol. The number of rotatable bonds is 11. The molecule has 1 aliphatic rings. The molecule has 0 unspecified atom stereocenters. The lowest BCUT2D eigenvalue weighted by Crippen LogP contribution is -2.46. The standard InChI is InChI=1S/C25H34N4O4/c1-30-23-16-20(17-24(31-2)25(23)32-3)18-28-10-8-27(9-11-28)12-14-33-15-13-29-19-26-21-6-4-5-7-22(21)29/h4-7,16-17,19H,8-15,18H2,1-3H3. The first kappa shape index (κ1) is 23.4. The van der Waals surface area contributed by atoms with E-state index >= 15 is 0 Å². The number of benzene rings is 2. The van der Waals surface area contributed by atoms with Gasteiger partial charge >= 0.3 is 0 Å². The summed E-state index contributed by atoms with van der Waals surface area (Å²) >= 11 is 0. The highest BCUT2D eigenvalue weighted by Crippen LogP contribution is 2.38. The van der Waals surface area contributed by atoms with Crippen molar-refractivity contribution in [1.82, 2.24) is 19.4 Å². The van der Waals surface area contributed by atoms with Gasteiger partial charge in [0, 0.05) is 45.8 Å². The highest BCUT2D eigenvalue weighted by atomic mass is 16.5. The molecule has 0 saturated carbocycles. The quantitative estimate of drug-likeness (QED) is 0.413. The lowest BCUT2D eigenvalue weighted by molar-refractivity contribution is 0.0707. The third-order valence-corrected chi connectivity index (χ3v) is 6.15. The molecule has 8 nitrogen and oxygen atoms in total. The van der Waals surface area contributed by atoms with Crippen LogP contribution in [0, 0.1) is 0 Å². The number of piperazine rings is 1. The molecular weight excluding hydrogens is 420 g/mol. The van der Waals surface area contributed by atoms with Crippen LogP contribution in [0.5, 0.6) is 17.2 Å². The van der Waals surface area contributed by atoms with Gasteiger partial charge in [-0.05, 0) is 29.8 Å². The summed E-state index contributed by atoms with van der Waals surface area (Å²) < 4.78 is 24.5. The number of para-hydroxylation sites is 2. The van der Waals surface area contributed by atoms with Crippen molar-refractivity contribution in [3.8, 4) is 17.2 Å². The summed E-state index contributed by atoms with van der Waals surface area (Å²) in [7, 11) is 4.93. The lowest BCUT2D eigenvalue weighted by atomic mass is 10.1. The minimum atomic E-state index is 0.634. The Balaban J connectivity index is 1.17. The smallest absolute Gasteiger partial charge is 0.203 e. The molecule has 3 aromatic rings. The van der Waals surface area contributed by atoms with E-state index in [4.69, 9.17) is 18.9 Å². The fraction of sp³-hybridized carbons (Fsp3) is 0.480. The molecule has 0 N–H and O–H groups in total. The highest BCUT2D eigenvalue weighted by molar-refractivity contribution is 5.74. The van der Waals surface area contributed by atoms with Gasteiger partial charge in [0.15, 0.2) is 11.5 Å². The van der Waals surface area contributed by atoms with E-state index in [1.807, 2.05) is 36.7 Å². The Morgan fingerprint density at radius 2 is 1.48 bits per heavy atom. The Bertz CT molecular complexity index is 1010. The molecule has 0 atom stereocenters. The largest absolute Gasteiger partial charge is 0.493 e. The van der Waals surface area contributed by atoms with Crippen molar-refractivity contribution in [2.45, 2.75) is 13.1 Å². The van der Waals surface area contributed by atoms with Gasteiger partial charge < -0.3 is 23.5 Å². The molecule has 1 aromatic heterocycles. The molecule has 0 amide bonds. The molecule has 4 rings (SSSR count). The first-order valence-electron chi connectivity index (χ1n) is 11.4. The van der Waals surface area contributed by atoms with Crippen molar-refractivity contribution in [2.75, 3.05) is 67.3 Å². The van der Waals surface area contributed by atoms with Crippen LogP contribution >= 0.6 is 0 Å². The maximum Gasteiger partial charge on any atom is 0.203 e. The molecule has 0 radical (unpaired) electrons. The van der Waals surface area contributed by atoms with Crippen LogP contribution in [0.3, 0.4) is 0 Å². The molecular formula is C25H34N4O4. The van der Waals surface area contributed by atoms with Gasteiger partial charge in [-0.25, -0.2) is 4.98 Å². The van der Waals surface area contributed by atoms with Crippen LogP contribution in [-0.2, 0) is 17.8 Å². The maximum absolute atomic E-state index is 5.91. The predicted octanol–water partition coefficient (Wildman–Crippen LogP) is 2.90. The van der Waals surface area contributed by atoms with E-state index in [9.17, 15) is 0 Å². The second kappa shape index (κ2) is 11.4. The summed E-state index contributed by atoms with van der Waals surface area (Å²) in [6.07, 6.45) is 1.89. The van der Waals surface area contributed by atoms with Gasteiger partial charge in [-0.3, -0.25) is 9.80 Å². The molecule has 0 spiro atoms. The minimum Gasteiger partial charge on any atom is -0.493 e. The van der Waals surface area contributed by atoms with Crippen LogP contribution in [-0.4, -0.2) is 86.6 Å². The van der Waals surface area contributed by atoms with Crippen molar-refractivity contribution < 1.29 is 18.9 Å². The normalized spacial score (nSPS) is 15.1. The van der Waals surface area contributed by atoms with E-state index < -0.39 is 0 Å². The summed E-state index contributed by atoms with van der Waals surface area (Å²) in [6.45, 7) is 8.22. The van der Waals surface area contributed by atoms with E-state index in [2.05, 4.69) is 25.4 Å². The summed E-state index contributed by atoms with van der Waals surface area (Å²) in [5.41, 5.74) is 3.35. The van der Waals surface area contributed by atoms with Crippen LogP contribution in [0.25, 0.3) is 11.0 Å². The van der Waals surface area contributed by atoms with Crippen molar-refractivity contribution in [1.29, 1.82) is 0 Å². The van der Waals surface area contributed by atoms with Crippen LogP contribution in [0.15, 0.2) is 42.7 Å². The van der Waals surface area contributed by atoms with Gasteiger partial charge in [-0.2, -0.15) is 0 Å². The second-order valence-corrected chi connectivity index (χ2v) is 8.19. The molecule has 178 valence electrons. The van der Waals surface area contributed by atoms with Gasteiger partial charge in [0.2, 0.25) is 5.75 Å². The molecule has 33 heavy (non-hydrogen) atoms. The Morgan fingerprint density at radius 1 is 0.818 bits per heavy atom. The molecule has 2 heterocycles. The number of hydrogen-bond donors (Lipinski definition) is 0. The Kier molecular flexibility index (Phi) is 8.04. The van der Waals surface area contributed by atoms with Crippen LogP contribution in [0.1, 0.15) is 5.56 Å². The van der Waals surface area contributed by atoms with Crippen LogP contribution in [0.4, 0.5) is 0 Å². The van der Waals surface area contributed by atoms with Gasteiger partial charge in [-0.15, -0.1) is 0 Å². The number of imidazole rings is 1. The first-order valence-corrected chi connectivity index (χ1v) is 11.4. The second-order valence-electron chi connectivity index (χ2n) is 8.19. The molecule has 1 fully saturated rings. The van der Waals surface area contributed by atoms with E-state index in [0.717, 1.165) is 69.0 Å². The Morgan fingerprint density at radius 3 is 2.18 bits per heavy atom. The van der Waals surface area contributed by atoms with E-state index in [-0.39, 0.29) is 0 Å². The van der Waals surface area contributed by atoms with Gasteiger partial charge in [0.05, 0.1) is 51.9 Å². The van der Waals surface area contributed by atoms with Crippen LogP contribution < -0.4 is 14.2 Å². The summed E-state index contributed by atoms with van der Waals surface area (Å²) in [4.78, 5) is 9.36. The third-order valence-electron chi connectivity index (χ3n) is 6.15. The SMILES string of the molecule is COc1cc(CN2CCN(CCOCCn3cnc4ccccc43)CC2)cc(OC)c1OC.